The molecule has 11 heavy (non-hydrogen) atoms. The van der Waals surface area contributed by atoms with E-state index in [2.05, 4.69) is 14.6 Å². The van der Waals surface area contributed by atoms with E-state index >= 15 is 0 Å². The van der Waals surface area contributed by atoms with Gasteiger partial charge in [0.25, 0.3) is 0 Å². The third kappa shape index (κ3) is 2.34. The van der Waals surface area contributed by atoms with E-state index in [-0.39, 0.29) is 0 Å². The molecule has 1 aromatic rings. The Morgan fingerprint density at radius 3 is 3.00 bits per heavy atom. The Hall–Kier alpha value is -0.840. The van der Waals surface area contributed by atoms with E-state index in [0.29, 0.717) is 11.4 Å². The van der Waals surface area contributed by atoms with Gasteiger partial charge in [-0.3, -0.25) is 5.10 Å². The first-order valence-corrected chi connectivity index (χ1v) is 5.42. The fraction of sp³-hybridized carbons (Fsp3) is 0.500. The molecule has 0 aliphatic carbocycles. The molecule has 1 aromatic heterocycles. The van der Waals surface area contributed by atoms with Gasteiger partial charge in [0, 0.05) is 27.9 Å². The zero-order valence-corrected chi connectivity index (χ0v) is 7.39. The Labute approximate surface area is 66.2 Å². The van der Waals surface area contributed by atoms with Crippen LogP contribution in [0.1, 0.15) is 6.92 Å². The molecule has 1 N–H and O–H groups in total. The van der Waals surface area contributed by atoms with Crippen molar-refractivity contribution in [1.29, 1.82) is 0 Å². The Balaban J connectivity index is 3.00. The summed E-state index contributed by atoms with van der Waals surface area (Å²) in [4.78, 5) is 0. The summed E-state index contributed by atoms with van der Waals surface area (Å²) in [5.41, 5.74) is 0.652. The highest BCUT2D eigenvalue weighted by Gasteiger charge is 1.97. The van der Waals surface area contributed by atoms with Gasteiger partial charge in [-0.1, -0.05) is 6.92 Å². The number of rotatable bonds is 2. The number of nitrogens with zero attached hydrogens (tertiary/aromatic N) is 2. The largest absolute Gasteiger partial charge is 0.283 e. The van der Waals surface area contributed by atoms with Crippen molar-refractivity contribution in [2.24, 2.45) is 4.36 Å². The van der Waals surface area contributed by atoms with Crippen molar-refractivity contribution in [2.45, 2.75) is 6.92 Å². The molecule has 0 saturated heterocycles. The van der Waals surface area contributed by atoms with Gasteiger partial charge in [-0.25, -0.2) is 4.21 Å². The molecule has 0 fully saturated rings. The molecular weight excluding hydrogens is 162 g/mol. The van der Waals surface area contributed by atoms with Crippen LogP contribution in [0.5, 0.6) is 0 Å². The van der Waals surface area contributed by atoms with Crippen LogP contribution in [-0.2, 0) is 9.73 Å². The van der Waals surface area contributed by atoms with Crippen LogP contribution in [0.25, 0.3) is 0 Å². The minimum atomic E-state index is -2.03. The number of hydrogen-bond acceptors (Lipinski definition) is 3. The van der Waals surface area contributed by atoms with Crippen molar-refractivity contribution < 1.29 is 4.21 Å². The molecule has 62 valence electrons. The molecule has 4 nitrogen and oxygen atoms in total. The van der Waals surface area contributed by atoms with Crippen molar-refractivity contribution in [1.82, 2.24) is 10.2 Å². The quantitative estimate of drug-likeness (QED) is 0.729. The van der Waals surface area contributed by atoms with Gasteiger partial charge < -0.3 is 0 Å². The fourth-order valence-corrected chi connectivity index (χ4v) is 1.26. The first-order valence-electron chi connectivity index (χ1n) is 3.32. The lowest BCUT2D eigenvalue weighted by atomic mass is 10.6. The van der Waals surface area contributed by atoms with Gasteiger partial charge in [-0.2, -0.15) is 9.46 Å². The predicted molar refractivity (Wildman–Crippen MR) is 45.3 cm³/mol. The average Bonchev–Trinajstić information content (AvgIpc) is 2.39. The summed E-state index contributed by atoms with van der Waals surface area (Å²) in [6.45, 7) is 1.85. The smallest absolute Gasteiger partial charge is 0.111 e. The van der Waals surface area contributed by atoms with Crippen LogP contribution in [0.3, 0.4) is 0 Å². The van der Waals surface area contributed by atoms with Crippen LogP contribution in [-0.4, -0.2) is 26.4 Å². The maximum atomic E-state index is 11.4. The van der Waals surface area contributed by atoms with Crippen LogP contribution < -0.4 is 0 Å². The zero-order valence-electron chi connectivity index (χ0n) is 6.57. The van der Waals surface area contributed by atoms with E-state index < -0.39 is 9.73 Å². The second-order valence-electron chi connectivity index (χ2n) is 2.30. The number of aromatic nitrogens is 2. The molecule has 1 atom stereocenters. The van der Waals surface area contributed by atoms with Crippen molar-refractivity contribution in [2.75, 3.05) is 12.0 Å². The number of aromatic amines is 1. The summed E-state index contributed by atoms with van der Waals surface area (Å²) < 4.78 is 15.4. The number of hydrogen-bond donors (Lipinski definition) is 1. The molecule has 5 heteroatoms. The minimum absolute atomic E-state index is 0.568. The van der Waals surface area contributed by atoms with Gasteiger partial charge in [0.15, 0.2) is 0 Å². The molecule has 0 aliphatic heterocycles. The fourth-order valence-electron chi connectivity index (χ4n) is 0.582. The summed E-state index contributed by atoms with van der Waals surface area (Å²) >= 11 is 0. The number of nitrogens with one attached hydrogen (secondary N) is 1. The monoisotopic (exact) mass is 173 g/mol. The first kappa shape index (κ1) is 8.26. The lowest BCUT2D eigenvalue weighted by molar-refractivity contribution is 0.681. The van der Waals surface area contributed by atoms with E-state index in [0.717, 1.165) is 0 Å². The van der Waals surface area contributed by atoms with Crippen molar-refractivity contribution in [3.05, 3.63) is 12.4 Å². The highest BCUT2D eigenvalue weighted by Crippen LogP contribution is 2.09. The van der Waals surface area contributed by atoms with E-state index in [4.69, 9.17) is 0 Å². The normalized spacial score (nSPS) is 15.8. The van der Waals surface area contributed by atoms with Crippen LogP contribution in [0.4, 0.5) is 5.69 Å². The topological polar surface area (TPSA) is 58.1 Å². The van der Waals surface area contributed by atoms with Crippen LogP contribution in [0.2, 0.25) is 0 Å². The van der Waals surface area contributed by atoms with Crippen molar-refractivity contribution in [3.8, 4) is 0 Å². The van der Waals surface area contributed by atoms with E-state index in [9.17, 15) is 4.21 Å². The molecular formula is C6H11N3OS. The Bertz CT molecular complexity index is 322. The first-order chi connectivity index (χ1) is 5.14. The average molecular weight is 173 g/mol. The van der Waals surface area contributed by atoms with Gasteiger partial charge in [-0.15, -0.1) is 0 Å². The summed E-state index contributed by atoms with van der Waals surface area (Å²) in [6.07, 6.45) is 4.82. The predicted octanol–water partition coefficient (Wildman–Crippen LogP) is 1.16. The second-order valence-corrected chi connectivity index (χ2v) is 4.97. The molecule has 0 spiro atoms. The molecule has 0 saturated carbocycles. The maximum absolute atomic E-state index is 11.4. The molecule has 1 rings (SSSR count). The highest BCUT2D eigenvalue weighted by molar-refractivity contribution is 7.93. The van der Waals surface area contributed by atoms with Crippen LogP contribution in [0.15, 0.2) is 16.8 Å². The summed E-state index contributed by atoms with van der Waals surface area (Å²) in [5, 5.41) is 6.30. The molecule has 0 radical (unpaired) electrons. The van der Waals surface area contributed by atoms with Gasteiger partial charge in [0.05, 0.1) is 6.20 Å². The van der Waals surface area contributed by atoms with Gasteiger partial charge in [0.1, 0.15) is 5.69 Å². The Morgan fingerprint density at radius 1 is 1.82 bits per heavy atom. The third-order valence-corrected chi connectivity index (χ3v) is 2.99. The lowest BCUT2D eigenvalue weighted by Crippen LogP contribution is -1.97. The molecule has 0 aromatic carbocycles. The summed E-state index contributed by atoms with van der Waals surface area (Å²) in [6, 6.07) is 0. The Morgan fingerprint density at radius 2 is 2.55 bits per heavy atom. The molecule has 1 unspecified atom stereocenters. The SMILES string of the molecule is CCS(C)(=O)=Nc1cn[nH]c1. The summed E-state index contributed by atoms with van der Waals surface area (Å²) in [5.74, 6) is 0.568. The Kier molecular flexibility index (Phi) is 2.28. The number of H-pyrrole nitrogens is 1. The second kappa shape index (κ2) is 3.04. The molecule has 0 aliphatic rings. The van der Waals surface area contributed by atoms with Gasteiger partial charge in [-0.05, 0) is 0 Å². The van der Waals surface area contributed by atoms with Crippen LogP contribution >= 0.6 is 0 Å². The minimum Gasteiger partial charge on any atom is -0.283 e. The zero-order chi connectivity index (χ0) is 8.32. The van der Waals surface area contributed by atoms with Gasteiger partial charge in [0.2, 0.25) is 0 Å². The lowest BCUT2D eigenvalue weighted by Gasteiger charge is -1.95. The standard InChI is InChI=1S/C6H11N3OS/c1-3-11(2,10)9-6-4-7-8-5-6/h4-5H,3H2,1-2H3,(H,7,8). The van der Waals surface area contributed by atoms with E-state index in [1.807, 2.05) is 6.92 Å². The van der Waals surface area contributed by atoms with E-state index in [1.54, 1.807) is 18.6 Å². The summed E-state index contributed by atoms with van der Waals surface area (Å²) in [7, 11) is -2.03. The third-order valence-electron chi connectivity index (χ3n) is 1.32. The molecule has 0 bridgehead atoms. The van der Waals surface area contributed by atoms with E-state index in [1.165, 1.54) is 0 Å². The van der Waals surface area contributed by atoms with Gasteiger partial charge >= 0.3 is 0 Å². The molecule has 1 heterocycles. The maximum Gasteiger partial charge on any atom is 0.111 e. The van der Waals surface area contributed by atoms with Crippen LogP contribution in [0, 0.1) is 0 Å². The van der Waals surface area contributed by atoms with Crippen molar-refractivity contribution in [3.63, 3.8) is 0 Å². The highest BCUT2D eigenvalue weighted by atomic mass is 32.2. The van der Waals surface area contributed by atoms with Crippen molar-refractivity contribution >= 4 is 15.4 Å². The molecule has 0 amide bonds.